The fraction of sp³-hybridized carbons (Fsp3) is 0.133. The summed E-state index contributed by atoms with van der Waals surface area (Å²) in [4.78, 5) is 10.1. The first-order valence-corrected chi connectivity index (χ1v) is 8.25. The van der Waals surface area contributed by atoms with Crippen LogP contribution in [0.4, 0.5) is 5.69 Å². The number of anilines is 1. The van der Waals surface area contributed by atoms with Crippen molar-refractivity contribution in [3.8, 4) is 11.5 Å². The first kappa shape index (κ1) is 20.6. The van der Waals surface area contributed by atoms with Crippen LogP contribution >= 0.6 is 12.4 Å². The third-order valence-corrected chi connectivity index (χ3v) is 5.15. The van der Waals surface area contributed by atoms with Crippen LogP contribution in [0.5, 0.6) is 11.5 Å². The molecule has 0 amide bonds. The molecule has 0 aliphatic carbocycles. The van der Waals surface area contributed by atoms with E-state index in [0.29, 0.717) is 5.69 Å². The largest absolute Gasteiger partial charge is 0.504 e. The average molecular weight is 389 g/mol. The summed E-state index contributed by atoms with van der Waals surface area (Å²) in [6.45, 7) is 0. The van der Waals surface area contributed by atoms with Crippen LogP contribution in [0.25, 0.3) is 0 Å². The summed E-state index contributed by atoms with van der Waals surface area (Å²) in [6.07, 6.45) is -0.215. The Morgan fingerprint density at radius 1 is 1.12 bits per heavy atom. The van der Waals surface area contributed by atoms with E-state index in [-0.39, 0.29) is 29.3 Å². The second kappa shape index (κ2) is 7.60. The third-order valence-electron chi connectivity index (χ3n) is 3.37. The number of halogens is 1. The molecular weight excluding hydrogens is 372 g/mol. The van der Waals surface area contributed by atoms with Crippen molar-refractivity contribution in [1.82, 2.24) is 0 Å². The number of carboxylic acid groups (broad SMARTS) is 1. The number of nitrogen functional groups attached to an aromatic ring is 1. The Bertz CT molecular complexity index is 884. The molecule has 0 spiro atoms. The number of rotatable bonds is 5. The van der Waals surface area contributed by atoms with Crippen LogP contribution in [0.15, 0.2) is 46.2 Å². The normalized spacial score (nSPS) is 12.2. The van der Waals surface area contributed by atoms with Gasteiger partial charge in [-0.05, 0) is 48.4 Å². The molecule has 0 aliphatic rings. The Hall–Kier alpha value is -2.49. The summed E-state index contributed by atoms with van der Waals surface area (Å²) in [5, 5.41) is 28.5. The standard InChI is InChI=1S/C15H16N2O6S.ClH/c16-9-1-3-10(4-2-9)24(22,23)13-7-8(5-11(17)15(20)21)6-12(18)14(13)19;/h1-4,6-7,11,18-19H,5,16-17H2,(H,20,21);1H. The lowest BCUT2D eigenvalue weighted by atomic mass is 10.1. The molecule has 2 rings (SSSR count). The summed E-state index contributed by atoms with van der Waals surface area (Å²) in [7, 11) is -4.14. The minimum atomic E-state index is -4.14. The molecule has 2 aromatic carbocycles. The second-order valence-corrected chi connectivity index (χ2v) is 7.10. The molecule has 0 aromatic heterocycles. The molecule has 0 aliphatic heterocycles. The van der Waals surface area contributed by atoms with E-state index < -0.39 is 38.2 Å². The summed E-state index contributed by atoms with van der Waals surface area (Å²) < 4.78 is 25.3. The van der Waals surface area contributed by atoms with Gasteiger partial charge in [0.25, 0.3) is 0 Å². The summed E-state index contributed by atoms with van der Waals surface area (Å²) >= 11 is 0. The number of hydrogen-bond acceptors (Lipinski definition) is 7. The van der Waals surface area contributed by atoms with E-state index in [1.54, 1.807) is 0 Å². The highest BCUT2D eigenvalue weighted by molar-refractivity contribution is 7.91. The van der Waals surface area contributed by atoms with E-state index in [4.69, 9.17) is 16.6 Å². The highest BCUT2D eigenvalue weighted by Crippen LogP contribution is 2.37. The predicted molar refractivity (Wildman–Crippen MR) is 92.6 cm³/mol. The van der Waals surface area contributed by atoms with Crippen LogP contribution in [0, 0.1) is 0 Å². The Morgan fingerprint density at radius 3 is 2.20 bits per heavy atom. The van der Waals surface area contributed by atoms with Crippen LogP contribution in [-0.2, 0) is 21.1 Å². The van der Waals surface area contributed by atoms with Crippen molar-refractivity contribution in [2.75, 3.05) is 5.73 Å². The van der Waals surface area contributed by atoms with Crippen molar-refractivity contribution >= 4 is 33.9 Å². The van der Waals surface area contributed by atoms with Gasteiger partial charge in [-0.2, -0.15) is 0 Å². The van der Waals surface area contributed by atoms with Crippen molar-refractivity contribution in [3.05, 3.63) is 42.0 Å². The van der Waals surface area contributed by atoms with Gasteiger partial charge in [-0.15, -0.1) is 12.4 Å². The van der Waals surface area contributed by atoms with Gasteiger partial charge in [-0.1, -0.05) is 0 Å². The summed E-state index contributed by atoms with van der Waals surface area (Å²) in [5.41, 5.74) is 11.5. The number of benzene rings is 2. The molecule has 2 aromatic rings. The van der Waals surface area contributed by atoms with E-state index in [2.05, 4.69) is 0 Å². The zero-order valence-corrected chi connectivity index (χ0v) is 14.4. The van der Waals surface area contributed by atoms with E-state index in [9.17, 15) is 23.4 Å². The Balaban J connectivity index is 0.00000312. The quantitative estimate of drug-likeness (QED) is 0.372. The fourth-order valence-corrected chi connectivity index (χ4v) is 3.50. The van der Waals surface area contributed by atoms with Gasteiger partial charge in [0.1, 0.15) is 10.9 Å². The molecule has 25 heavy (non-hydrogen) atoms. The first-order chi connectivity index (χ1) is 11.1. The van der Waals surface area contributed by atoms with E-state index in [0.717, 1.165) is 12.1 Å². The zero-order valence-electron chi connectivity index (χ0n) is 12.8. The summed E-state index contributed by atoms with van der Waals surface area (Å²) in [5.74, 6) is -2.77. The molecule has 0 radical (unpaired) electrons. The van der Waals surface area contributed by atoms with Crippen LogP contribution < -0.4 is 11.5 Å². The first-order valence-electron chi connectivity index (χ1n) is 6.77. The fourth-order valence-electron chi connectivity index (χ4n) is 2.09. The maximum atomic E-state index is 12.6. The molecule has 0 heterocycles. The highest BCUT2D eigenvalue weighted by atomic mass is 35.5. The number of phenols is 2. The van der Waals surface area contributed by atoms with Gasteiger partial charge < -0.3 is 26.8 Å². The van der Waals surface area contributed by atoms with Crippen molar-refractivity contribution < 1.29 is 28.5 Å². The molecular formula is C15H17ClN2O6S. The van der Waals surface area contributed by atoms with Gasteiger partial charge in [0.15, 0.2) is 11.5 Å². The van der Waals surface area contributed by atoms with Gasteiger partial charge in [-0.3, -0.25) is 4.79 Å². The smallest absolute Gasteiger partial charge is 0.320 e. The van der Waals surface area contributed by atoms with Crippen molar-refractivity contribution in [2.45, 2.75) is 22.3 Å². The molecule has 10 heteroatoms. The lowest BCUT2D eigenvalue weighted by Crippen LogP contribution is -2.32. The number of aliphatic carboxylic acids is 1. The molecule has 1 unspecified atom stereocenters. The highest BCUT2D eigenvalue weighted by Gasteiger charge is 2.25. The molecule has 7 N–H and O–H groups in total. The van der Waals surface area contributed by atoms with Gasteiger partial charge in [-0.25, -0.2) is 8.42 Å². The lowest BCUT2D eigenvalue weighted by molar-refractivity contribution is -0.138. The minimum Gasteiger partial charge on any atom is -0.504 e. The van der Waals surface area contributed by atoms with E-state index in [1.807, 2.05) is 0 Å². The van der Waals surface area contributed by atoms with Crippen molar-refractivity contribution in [3.63, 3.8) is 0 Å². The maximum absolute atomic E-state index is 12.6. The second-order valence-electron chi connectivity index (χ2n) is 5.18. The molecule has 136 valence electrons. The Morgan fingerprint density at radius 2 is 1.68 bits per heavy atom. The zero-order chi connectivity index (χ0) is 18.1. The van der Waals surface area contributed by atoms with Crippen molar-refractivity contribution in [2.24, 2.45) is 5.73 Å². The molecule has 8 nitrogen and oxygen atoms in total. The van der Waals surface area contributed by atoms with Gasteiger partial charge in [0.05, 0.1) is 4.90 Å². The van der Waals surface area contributed by atoms with Gasteiger partial charge >= 0.3 is 5.97 Å². The SMILES string of the molecule is Cl.Nc1ccc(S(=O)(=O)c2cc(CC(N)C(=O)O)cc(O)c2O)cc1. The lowest BCUT2D eigenvalue weighted by Gasteiger charge is -2.12. The van der Waals surface area contributed by atoms with Crippen LogP contribution in [-0.4, -0.2) is 35.7 Å². The molecule has 0 saturated heterocycles. The maximum Gasteiger partial charge on any atom is 0.320 e. The van der Waals surface area contributed by atoms with Gasteiger partial charge in [0, 0.05) is 5.69 Å². The van der Waals surface area contributed by atoms with Crippen molar-refractivity contribution in [1.29, 1.82) is 0 Å². The number of carbonyl (C=O) groups is 1. The summed E-state index contributed by atoms with van der Waals surface area (Å²) in [6, 6.07) is 6.17. The van der Waals surface area contributed by atoms with E-state index >= 15 is 0 Å². The predicted octanol–water partition coefficient (Wildman–Crippen LogP) is 0.889. The number of nitrogens with two attached hydrogens (primary N) is 2. The minimum absolute atomic E-state index is 0. The number of aromatic hydroxyl groups is 2. The van der Waals surface area contributed by atoms with Crippen LogP contribution in [0.3, 0.4) is 0 Å². The van der Waals surface area contributed by atoms with Crippen LogP contribution in [0.1, 0.15) is 5.56 Å². The number of sulfone groups is 1. The number of carboxylic acids is 1. The molecule has 1 atom stereocenters. The average Bonchev–Trinajstić information content (AvgIpc) is 2.50. The molecule has 0 saturated carbocycles. The molecule has 0 bridgehead atoms. The monoisotopic (exact) mass is 388 g/mol. The Kier molecular flexibility index (Phi) is 6.25. The molecule has 0 fully saturated rings. The number of phenolic OH excluding ortho intramolecular Hbond substituents is 2. The third kappa shape index (κ3) is 4.32. The number of hydrogen-bond donors (Lipinski definition) is 5. The van der Waals surface area contributed by atoms with E-state index in [1.165, 1.54) is 24.3 Å². The topological polar surface area (TPSA) is 164 Å². The Labute approximate surface area is 150 Å². The van der Waals surface area contributed by atoms with Gasteiger partial charge in [0.2, 0.25) is 9.84 Å². The van der Waals surface area contributed by atoms with Crippen LogP contribution in [0.2, 0.25) is 0 Å².